The van der Waals surface area contributed by atoms with Crippen LogP contribution in [0.5, 0.6) is 0 Å². The van der Waals surface area contributed by atoms with Gasteiger partial charge in [0.25, 0.3) is 0 Å². The minimum atomic E-state index is -0.803. The first-order valence-corrected chi connectivity index (χ1v) is 8.10. The SMILES string of the molecule is Cc1cc2occ(CC(=O)Nc3ccc(F)cc3F)c2cc1C(C)C. The molecule has 3 nitrogen and oxygen atoms in total. The van der Waals surface area contributed by atoms with Gasteiger partial charge in [-0.3, -0.25) is 4.79 Å². The van der Waals surface area contributed by atoms with Crippen LogP contribution in [0.25, 0.3) is 11.0 Å². The highest BCUT2D eigenvalue weighted by molar-refractivity contribution is 5.95. The minimum Gasteiger partial charge on any atom is -0.464 e. The van der Waals surface area contributed by atoms with Gasteiger partial charge in [-0.05, 0) is 48.2 Å². The fraction of sp³-hybridized carbons (Fsp3) is 0.250. The number of furan rings is 1. The molecular weight excluding hydrogens is 324 g/mol. The molecule has 0 aliphatic rings. The van der Waals surface area contributed by atoms with Crippen molar-refractivity contribution in [3.05, 3.63) is 64.9 Å². The highest BCUT2D eigenvalue weighted by atomic mass is 19.1. The van der Waals surface area contributed by atoms with Crippen LogP contribution in [0.1, 0.15) is 36.5 Å². The van der Waals surface area contributed by atoms with Gasteiger partial charge in [0.15, 0.2) is 0 Å². The molecule has 0 aliphatic heterocycles. The number of fused-ring (bicyclic) bond motifs is 1. The van der Waals surface area contributed by atoms with Gasteiger partial charge in [-0.15, -0.1) is 0 Å². The van der Waals surface area contributed by atoms with Gasteiger partial charge in [0.05, 0.1) is 18.4 Å². The van der Waals surface area contributed by atoms with Gasteiger partial charge >= 0.3 is 0 Å². The van der Waals surface area contributed by atoms with Crippen molar-refractivity contribution in [3.8, 4) is 0 Å². The van der Waals surface area contributed by atoms with E-state index in [9.17, 15) is 13.6 Å². The summed E-state index contributed by atoms with van der Waals surface area (Å²) >= 11 is 0. The van der Waals surface area contributed by atoms with Crippen molar-refractivity contribution in [1.29, 1.82) is 0 Å². The molecule has 2 aromatic carbocycles. The highest BCUT2D eigenvalue weighted by Gasteiger charge is 2.15. The molecule has 3 rings (SSSR count). The average Bonchev–Trinajstić information content (AvgIpc) is 2.91. The molecule has 1 amide bonds. The summed E-state index contributed by atoms with van der Waals surface area (Å²) in [6.45, 7) is 6.25. The summed E-state index contributed by atoms with van der Waals surface area (Å²) in [5, 5.41) is 3.35. The molecule has 0 atom stereocenters. The largest absolute Gasteiger partial charge is 0.464 e. The summed E-state index contributed by atoms with van der Waals surface area (Å²) in [7, 11) is 0. The molecular formula is C20H19F2NO2. The quantitative estimate of drug-likeness (QED) is 0.696. The van der Waals surface area contributed by atoms with Crippen LogP contribution in [0.4, 0.5) is 14.5 Å². The fourth-order valence-corrected chi connectivity index (χ4v) is 2.96. The number of amides is 1. The summed E-state index contributed by atoms with van der Waals surface area (Å²) in [5.74, 6) is -1.52. The summed E-state index contributed by atoms with van der Waals surface area (Å²) in [5.41, 5.74) is 3.74. The van der Waals surface area contributed by atoms with E-state index in [0.29, 0.717) is 5.92 Å². The second-order valence-electron chi connectivity index (χ2n) is 6.47. The molecule has 0 saturated carbocycles. The summed E-state index contributed by atoms with van der Waals surface area (Å²) in [4.78, 5) is 12.2. The number of hydrogen-bond acceptors (Lipinski definition) is 2. The van der Waals surface area contributed by atoms with Crippen LogP contribution in [-0.2, 0) is 11.2 Å². The maximum Gasteiger partial charge on any atom is 0.229 e. The number of rotatable bonds is 4. The monoisotopic (exact) mass is 343 g/mol. The lowest BCUT2D eigenvalue weighted by atomic mass is 9.95. The maximum absolute atomic E-state index is 13.7. The number of carbonyl (C=O) groups is 1. The van der Waals surface area contributed by atoms with Crippen LogP contribution >= 0.6 is 0 Å². The summed E-state index contributed by atoms with van der Waals surface area (Å²) in [6.07, 6.45) is 1.60. The Hall–Kier alpha value is -2.69. The number of aryl methyl sites for hydroxylation is 1. The predicted molar refractivity (Wildman–Crippen MR) is 93.7 cm³/mol. The van der Waals surface area contributed by atoms with Crippen molar-refractivity contribution in [2.75, 3.05) is 5.32 Å². The van der Waals surface area contributed by atoms with E-state index in [0.717, 1.165) is 34.2 Å². The summed E-state index contributed by atoms with van der Waals surface area (Å²) < 4.78 is 32.1. The first kappa shape index (κ1) is 17.1. The van der Waals surface area contributed by atoms with Crippen LogP contribution in [0, 0.1) is 18.6 Å². The molecule has 0 saturated heterocycles. The molecule has 3 aromatic rings. The molecule has 5 heteroatoms. The molecule has 0 aliphatic carbocycles. The third-order valence-corrected chi connectivity index (χ3v) is 4.22. The molecule has 1 aromatic heterocycles. The van der Waals surface area contributed by atoms with Gasteiger partial charge in [0.1, 0.15) is 17.2 Å². The fourth-order valence-electron chi connectivity index (χ4n) is 2.96. The standard InChI is InChI=1S/C20H19F2NO2/c1-11(2)15-9-16-13(10-25-19(16)6-12(15)3)7-20(24)23-18-5-4-14(21)8-17(18)22/h4-6,8-11H,7H2,1-3H3,(H,23,24). The number of halogens is 2. The molecule has 0 unspecified atom stereocenters. The first-order chi connectivity index (χ1) is 11.8. The predicted octanol–water partition coefficient (Wildman–Crippen LogP) is 5.32. The highest BCUT2D eigenvalue weighted by Crippen LogP contribution is 2.29. The Kier molecular flexibility index (Phi) is 4.57. The Morgan fingerprint density at radius 2 is 1.96 bits per heavy atom. The third-order valence-electron chi connectivity index (χ3n) is 4.22. The maximum atomic E-state index is 13.7. The number of nitrogens with one attached hydrogen (secondary N) is 1. The minimum absolute atomic E-state index is 0.0436. The lowest BCUT2D eigenvalue weighted by Crippen LogP contribution is -2.15. The van der Waals surface area contributed by atoms with Crippen LogP contribution in [-0.4, -0.2) is 5.91 Å². The molecule has 1 heterocycles. The average molecular weight is 343 g/mol. The van der Waals surface area contributed by atoms with Crippen molar-refractivity contribution < 1.29 is 18.0 Å². The van der Waals surface area contributed by atoms with E-state index in [1.54, 1.807) is 6.26 Å². The summed E-state index contributed by atoms with van der Waals surface area (Å²) in [6, 6.07) is 7.05. The van der Waals surface area contributed by atoms with Crippen molar-refractivity contribution in [3.63, 3.8) is 0 Å². The van der Waals surface area contributed by atoms with Crippen molar-refractivity contribution in [1.82, 2.24) is 0 Å². The van der Waals surface area contributed by atoms with Gasteiger partial charge in [0.2, 0.25) is 5.91 Å². The van der Waals surface area contributed by atoms with Gasteiger partial charge in [-0.25, -0.2) is 8.78 Å². The number of anilines is 1. The van der Waals surface area contributed by atoms with Crippen LogP contribution < -0.4 is 5.32 Å². The van der Waals surface area contributed by atoms with E-state index in [4.69, 9.17) is 4.42 Å². The van der Waals surface area contributed by atoms with E-state index in [2.05, 4.69) is 19.2 Å². The topological polar surface area (TPSA) is 42.2 Å². The molecule has 0 radical (unpaired) electrons. The zero-order valence-electron chi connectivity index (χ0n) is 14.3. The Morgan fingerprint density at radius 3 is 2.64 bits per heavy atom. The van der Waals surface area contributed by atoms with E-state index in [1.807, 2.05) is 19.1 Å². The lowest BCUT2D eigenvalue weighted by Gasteiger charge is -2.10. The van der Waals surface area contributed by atoms with Gasteiger partial charge < -0.3 is 9.73 Å². The van der Waals surface area contributed by atoms with Crippen LogP contribution in [0.15, 0.2) is 41.0 Å². The van der Waals surface area contributed by atoms with Crippen molar-refractivity contribution in [2.45, 2.75) is 33.1 Å². The molecule has 130 valence electrons. The Morgan fingerprint density at radius 1 is 1.20 bits per heavy atom. The molecule has 0 bridgehead atoms. The Labute approximate surface area is 144 Å². The lowest BCUT2D eigenvalue weighted by molar-refractivity contribution is -0.115. The Balaban J connectivity index is 1.85. The molecule has 0 fully saturated rings. The smallest absolute Gasteiger partial charge is 0.229 e. The van der Waals surface area contributed by atoms with Gasteiger partial charge in [0, 0.05) is 17.0 Å². The second-order valence-corrected chi connectivity index (χ2v) is 6.47. The number of benzene rings is 2. The number of carbonyl (C=O) groups excluding carboxylic acids is 1. The molecule has 0 spiro atoms. The van der Waals surface area contributed by atoms with Crippen LogP contribution in [0.2, 0.25) is 0 Å². The van der Waals surface area contributed by atoms with E-state index in [1.165, 1.54) is 11.6 Å². The van der Waals surface area contributed by atoms with Crippen molar-refractivity contribution >= 4 is 22.6 Å². The molecule has 25 heavy (non-hydrogen) atoms. The number of hydrogen-bond donors (Lipinski definition) is 1. The third kappa shape index (κ3) is 3.55. The zero-order valence-corrected chi connectivity index (χ0v) is 14.3. The normalized spacial score (nSPS) is 11.3. The van der Waals surface area contributed by atoms with E-state index >= 15 is 0 Å². The van der Waals surface area contributed by atoms with E-state index in [-0.39, 0.29) is 18.0 Å². The van der Waals surface area contributed by atoms with E-state index < -0.39 is 11.6 Å². The van der Waals surface area contributed by atoms with Gasteiger partial charge in [-0.1, -0.05) is 13.8 Å². The van der Waals surface area contributed by atoms with Gasteiger partial charge in [-0.2, -0.15) is 0 Å². The van der Waals surface area contributed by atoms with Crippen LogP contribution in [0.3, 0.4) is 0 Å². The molecule has 1 N–H and O–H groups in total. The zero-order chi connectivity index (χ0) is 18.1. The van der Waals surface area contributed by atoms with Crippen molar-refractivity contribution in [2.24, 2.45) is 0 Å². The second kappa shape index (κ2) is 6.67. The first-order valence-electron chi connectivity index (χ1n) is 8.10. The Bertz CT molecular complexity index is 944.